The van der Waals surface area contributed by atoms with E-state index in [1.807, 2.05) is 0 Å². The summed E-state index contributed by atoms with van der Waals surface area (Å²) in [5.41, 5.74) is 0.413. The molecule has 1 aromatic carbocycles. The molecule has 0 fully saturated rings. The third kappa shape index (κ3) is 1.54. The van der Waals surface area contributed by atoms with Crippen molar-refractivity contribution in [1.82, 2.24) is 0 Å². The second-order valence-corrected chi connectivity index (χ2v) is 5.08. The molecule has 1 aliphatic rings. The summed E-state index contributed by atoms with van der Waals surface area (Å²) in [5, 5.41) is 10.2. The number of nitrogens with one attached hydrogen (secondary N) is 1. The Morgan fingerprint density at radius 2 is 2.12 bits per heavy atom. The molecule has 6 nitrogen and oxygen atoms in total. The van der Waals surface area contributed by atoms with Gasteiger partial charge in [0.1, 0.15) is 11.5 Å². The van der Waals surface area contributed by atoms with Crippen molar-refractivity contribution in [1.29, 1.82) is 0 Å². The van der Waals surface area contributed by atoms with Crippen LogP contribution in [-0.4, -0.2) is 27.5 Å². The smallest absolute Gasteiger partial charge is 0.354 e. The second kappa shape index (κ2) is 3.78. The number of carbonyl (C=O) groups is 2. The van der Waals surface area contributed by atoms with Gasteiger partial charge in [0.2, 0.25) is 0 Å². The van der Waals surface area contributed by atoms with Gasteiger partial charge in [-0.3, -0.25) is 4.55 Å². The normalized spacial score (nSPS) is 26.5. The van der Waals surface area contributed by atoms with E-state index in [4.69, 9.17) is 5.11 Å². The fraction of sp³-hybridized carbons (Fsp3) is 0.111. The number of rotatable bonds is 2. The van der Waals surface area contributed by atoms with Gasteiger partial charge in [0.05, 0.1) is 5.69 Å². The van der Waals surface area contributed by atoms with E-state index in [1.165, 1.54) is 6.07 Å². The molecule has 2 rings (SSSR count). The number of fused-ring (bicyclic) bond motifs is 1. The SMILES string of the molecule is O=C(CO)OS1(O)C(=O)Nc2ccccc21. The molecule has 1 atom stereocenters. The average molecular weight is 243 g/mol. The van der Waals surface area contributed by atoms with Crippen molar-refractivity contribution in [3.05, 3.63) is 24.3 Å². The van der Waals surface area contributed by atoms with Crippen LogP contribution in [-0.2, 0) is 8.98 Å². The van der Waals surface area contributed by atoms with Crippen LogP contribution in [0.4, 0.5) is 10.5 Å². The fourth-order valence-electron chi connectivity index (χ4n) is 1.33. The Labute approximate surface area is 92.6 Å². The van der Waals surface area contributed by atoms with Crippen LogP contribution in [0.3, 0.4) is 0 Å². The number of carbonyl (C=O) groups excluding carboxylic acids is 2. The number of amides is 1. The number of hydrogen-bond donors (Lipinski definition) is 3. The van der Waals surface area contributed by atoms with Crippen molar-refractivity contribution in [2.45, 2.75) is 4.90 Å². The van der Waals surface area contributed by atoms with E-state index in [2.05, 4.69) is 9.50 Å². The second-order valence-electron chi connectivity index (χ2n) is 3.05. The van der Waals surface area contributed by atoms with Gasteiger partial charge in [-0.15, -0.1) is 0 Å². The molecule has 0 spiro atoms. The molecule has 7 heteroatoms. The average Bonchev–Trinajstić information content (AvgIpc) is 2.52. The number of para-hydroxylation sites is 1. The van der Waals surface area contributed by atoms with E-state index in [1.54, 1.807) is 18.2 Å². The van der Waals surface area contributed by atoms with Crippen molar-refractivity contribution in [2.75, 3.05) is 11.9 Å². The Kier molecular flexibility index (Phi) is 2.58. The third-order valence-corrected chi connectivity index (χ3v) is 4.00. The molecule has 0 aromatic heterocycles. The zero-order valence-electron chi connectivity index (χ0n) is 8.04. The molecule has 1 amide bonds. The van der Waals surface area contributed by atoms with Crippen LogP contribution in [0, 0.1) is 0 Å². The molecule has 86 valence electrons. The van der Waals surface area contributed by atoms with Gasteiger partial charge in [-0.05, 0) is 22.7 Å². The van der Waals surface area contributed by atoms with Gasteiger partial charge in [-0.1, -0.05) is 12.1 Å². The van der Waals surface area contributed by atoms with E-state index in [-0.39, 0.29) is 4.90 Å². The maximum Gasteiger partial charge on any atom is 0.354 e. The molecule has 0 bridgehead atoms. The Balaban J connectivity index is 2.40. The van der Waals surface area contributed by atoms with Crippen LogP contribution >= 0.6 is 10.6 Å². The van der Waals surface area contributed by atoms with Gasteiger partial charge in [0, 0.05) is 0 Å². The summed E-state index contributed by atoms with van der Waals surface area (Å²) < 4.78 is 14.7. The Morgan fingerprint density at radius 3 is 2.81 bits per heavy atom. The molecule has 1 aliphatic heterocycles. The van der Waals surface area contributed by atoms with Crippen molar-refractivity contribution >= 4 is 27.5 Å². The number of hydrogen-bond acceptors (Lipinski definition) is 5. The summed E-state index contributed by atoms with van der Waals surface area (Å²) in [5.74, 6) is -1.04. The standard InChI is InChI=1S/C9H9NO5S/c11-5-8(12)15-16(14)7-4-2-1-3-6(7)10-9(16)13/h1-4,11,14H,5H2,(H,10,13). The summed E-state index contributed by atoms with van der Waals surface area (Å²) in [4.78, 5) is 22.7. The highest BCUT2D eigenvalue weighted by atomic mass is 32.3. The molecule has 16 heavy (non-hydrogen) atoms. The third-order valence-electron chi connectivity index (χ3n) is 2.02. The van der Waals surface area contributed by atoms with E-state index in [9.17, 15) is 14.1 Å². The summed E-state index contributed by atoms with van der Waals surface area (Å²) >= 11 is 0. The molecule has 1 heterocycles. The number of benzene rings is 1. The summed E-state index contributed by atoms with van der Waals surface area (Å²) in [6.45, 7) is -0.884. The Hall–Kier alpha value is -1.57. The largest absolute Gasteiger partial charge is 0.385 e. The highest BCUT2D eigenvalue weighted by Crippen LogP contribution is 2.61. The lowest BCUT2D eigenvalue weighted by Crippen LogP contribution is -2.19. The van der Waals surface area contributed by atoms with Crippen molar-refractivity contribution in [3.8, 4) is 0 Å². The minimum Gasteiger partial charge on any atom is -0.385 e. The lowest BCUT2D eigenvalue weighted by molar-refractivity contribution is -0.136. The highest BCUT2D eigenvalue weighted by molar-refractivity contribution is 8.38. The minimum atomic E-state index is -3.31. The molecule has 0 saturated heterocycles. The van der Waals surface area contributed by atoms with Crippen LogP contribution < -0.4 is 5.32 Å². The zero-order valence-corrected chi connectivity index (χ0v) is 8.86. The van der Waals surface area contributed by atoms with Gasteiger partial charge < -0.3 is 14.6 Å². The van der Waals surface area contributed by atoms with Gasteiger partial charge >= 0.3 is 11.2 Å². The first-order valence-corrected chi connectivity index (χ1v) is 5.88. The topological polar surface area (TPSA) is 95.9 Å². The minimum absolute atomic E-state index is 0.238. The van der Waals surface area contributed by atoms with Crippen LogP contribution in [0.15, 0.2) is 29.2 Å². The van der Waals surface area contributed by atoms with Crippen molar-refractivity contribution in [2.24, 2.45) is 0 Å². The highest BCUT2D eigenvalue weighted by Gasteiger charge is 2.40. The summed E-state index contributed by atoms with van der Waals surface area (Å²) in [6.07, 6.45) is 0. The molecule has 0 aliphatic carbocycles. The lowest BCUT2D eigenvalue weighted by Gasteiger charge is -2.29. The number of aliphatic hydroxyl groups is 1. The van der Waals surface area contributed by atoms with Crippen LogP contribution in [0.25, 0.3) is 0 Å². The van der Waals surface area contributed by atoms with E-state index in [0.29, 0.717) is 5.69 Å². The number of aliphatic hydroxyl groups excluding tert-OH is 1. The molecule has 3 N–H and O–H groups in total. The van der Waals surface area contributed by atoms with E-state index < -0.39 is 28.4 Å². The maximum absolute atomic E-state index is 11.5. The zero-order chi connectivity index (χ0) is 11.8. The van der Waals surface area contributed by atoms with Gasteiger partial charge in [0.25, 0.3) is 0 Å². The van der Waals surface area contributed by atoms with Crippen molar-refractivity contribution in [3.63, 3.8) is 0 Å². The molecular formula is C9H9NO5S. The first-order valence-electron chi connectivity index (χ1n) is 4.37. The first-order chi connectivity index (χ1) is 7.58. The fourth-order valence-corrected chi connectivity index (χ4v) is 2.95. The van der Waals surface area contributed by atoms with E-state index in [0.717, 1.165) is 0 Å². The molecule has 0 radical (unpaired) electrons. The van der Waals surface area contributed by atoms with Crippen LogP contribution in [0.2, 0.25) is 0 Å². The van der Waals surface area contributed by atoms with Crippen LogP contribution in [0.5, 0.6) is 0 Å². The van der Waals surface area contributed by atoms with E-state index >= 15 is 0 Å². The quantitative estimate of drug-likeness (QED) is 0.728. The van der Waals surface area contributed by atoms with Gasteiger partial charge in [-0.2, -0.15) is 0 Å². The Bertz CT molecular complexity index is 463. The monoisotopic (exact) mass is 243 g/mol. The van der Waals surface area contributed by atoms with Crippen LogP contribution in [0.1, 0.15) is 0 Å². The summed E-state index contributed by atoms with van der Waals surface area (Å²) in [7, 11) is -3.31. The molecule has 0 saturated carbocycles. The van der Waals surface area contributed by atoms with Gasteiger partial charge in [-0.25, -0.2) is 9.59 Å². The number of anilines is 1. The summed E-state index contributed by atoms with van der Waals surface area (Å²) in [6, 6.07) is 6.38. The lowest BCUT2D eigenvalue weighted by atomic mass is 10.3. The van der Waals surface area contributed by atoms with Gasteiger partial charge in [0.15, 0.2) is 0 Å². The first kappa shape index (κ1) is 10.9. The molecule has 1 unspecified atom stereocenters. The predicted octanol–water partition coefficient (Wildman–Crippen LogP) is 1.32. The Morgan fingerprint density at radius 1 is 1.44 bits per heavy atom. The molecule has 1 aromatic rings. The molecular weight excluding hydrogens is 234 g/mol. The predicted molar refractivity (Wildman–Crippen MR) is 57.1 cm³/mol. The van der Waals surface area contributed by atoms with Crippen molar-refractivity contribution < 1.29 is 23.4 Å². The maximum atomic E-state index is 11.5.